The van der Waals surface area contributed by atoms with Crippen LogP contribution in [0.25, 0.3) is 0 Å². The van der Waals surface area contributed by atoms with Crippen molar-refractivity contribution in [3.8, 4) is 0 Å². The number of hydrogen-bond donors (Lipinski definition) is 1. The second kappa shape index (κ2) is 14.9. The molecule has 0 aliphatic rings. The van der Waals surface area contributed by atoms with E-state index in [-0.39, 0.29) is 5.91 Å². The molecule has 0 spiro atoms. The predicted octanol–water partition coefficient (Wildman–Crippen LogP) is 6.49. The van der Waals surface area contributed by atoms with Gasteiger partial charge in [-0.3, -0.25) is 4.79 Å². The van der Waals surface area contributed by atoms with Gasteiger partial charge in [-0.15, -0.1) is 0 Å². The standard InChI is InChI=1S/C21H33ClN2O/c1-2-3-4-5-6-7-8-9-10-11-12-16-21(25)24-23-18-19-14-13-15-20(22)17-19/h13-15,17-18H,2-12,16H2,1H3,(H,24,25)/b23-18+. The van der Waals surface area contributed by atoms with E-state index in [4.69, 9.17) is 11.6 Å². The number of amides is 1. The van der Waals surface area contributed by atoms with Crippen LogP contribution >= 0.6 is 11.6 Å². The highest BCUT2D eigenvalue weighted by Gasteiger charge is 1.99. The van der Waals surface area contributed by atoms with E-state index >= 15 is 0 Å². The summed E-state index contributed by atoms with van der Waals surface area (Å²) in [5, 5.41) is 4.63. The lowest BCUT2D eigenvalue weighted by molar-refractivity contribution is -0.121. The van der Waals surface area contributed by atoms with Crippen LogP contribution < -0.4 is 5.43 Å². The van der Waals surface area contributed by atoms with E-state index < -0.39 is 0 Å². The Balaban J connectivity index is 1.93. The summed E-state index contributed by atoms with van der Waals surface area (Å²) in [7, 11) is 0. The van der Waals surface area contributed by atoms with Crippen molar-refractivity contribution in [3.05, 3.63) is 34.9 Å². The Bertz CT molecular complexity index is 502. The zero-order valence-electron chi connectivity index (χ0n) is 15.6. The van der Waals surface area contributed by atoms with Crippen LogP contribution in [0.15, 0.2) is 29.4 Å². The fourth-order valence-corrected chi connectivity index (χ4v) is 2.97. The fourth-order valence-electron chi connectivity index (χ4n) is 2.77. The fraction of sp³-hybridized carbons (Fsp3) is 0.619. The molecule has 140 valence electrons. The van der Waals surface area contributed by atoms with E-state index in [2.05, 4.69) is 17.5 Å². The average Bonchev–Trinajstić information content (AvgIpc) is 2.60. The van der Waals surface area contributed by atoms with Crippen LogP contribution in [0, 0.1) is 0 Å². The largest absolute Gasteiger partial charge is 0.273 e. The summed E-state index contributed by atoms with van der Waals surface area (Å²) in [6.45, 7) is 2.26. The Morgan fingerprint density at radius 3 is 2.20 bits per heavy atom. The highest BCUT2D eigenvalue weighted by molar-refractivity contribution is 6.30. The molecule has 0 radical (unpaired) electrons. The predicted molar refractivity (Wildman–Crippen MR) is 108 cm³/mol. The molecular weight excluding hydrogens is 332 g/mol. The Hall–Kier alpha value is -1.35. The van der Waals surface area contributed by atoms with Crippen molar-refractivity contribution in [3.63, 3.8) is 0 Å². The van der Waals surface area contributed by atoms with Gasteiger partial charge in [-0.2, -0.15) is 5.10 Å². The minimum atomic E-state index is -0.0193. The number of halogens is 1. The first-order valence-electron chi connectivity index (χ1n) is 9.80. The molecule has 0 aliphatic carbocycles. The molecular formula is C21H33ClN2O. The summed E-state index contributed by atoms with van der Waals surface area (Å²) in [5.74, 6) is -0.0193. The maximum atomic E-state index is 11.7. The van der Waals surface area contributed by atoms with Gasteiger partial charge in [0.1, 0.15) is 0 Å². The number of hydrazone groups is 1. The summed E-state index contributed by atoms with van der Waals surface area (Å²) in [6, 6.07) is 7.37. The summed E-state index contributed by atoms with van der Waals surface area (Å²) in [6.07, 6.45) is 16.3. The monoisotopic (exact) mass is 364 g/mol. The Morgan fingerprint density at radius 2 is 1.60 bits per heavy atom. The normalized spacial score (nSPS) is 11.1. The lowest BCUT2D eigenvalue weighted by atomic mass is 10.1. The van der Waals surface area contributed by atoms with Gasteiger partial charge >= 0.3 is 0 Å². The number of unbranched alkanes of at least 4 members (excludes halogenated alkanes) is 10. The van der Waals surface area contributed by atoms with Gasteiger partial charge in [0, 0.05) is 11.4 Å². The maximum absolute atomic E-state index is 11.7. The first-order chi connectivity index (χ1) is 12.2. The number of carbonyl (C=O) groups excluding carboxylic acids is 1. The number of benzene rings is 1. The molecule has 1 rings (SSSR count). The molecule has 4 heteroatoms. The minimum absolute atomic E-state index is 0.0193. The van der Waals surface area contributed by atoms with Gasteiger partial charge in [0.2, 0.25) is 5.91 Å². The average molecular weight is 365 g/mol. The highest BCUT2D eigenvalue weighted by Crippen LogP contribution is 2.12. The molecule has 0 aliphatic heterocycles. The third-order valence-electron chi connectivity index (χ3n) is 4.26. The quantitative estimate of drug-likeness (QED) is 0.229. The molecule has 3 nitrogen and oxygen atoms in total. The zero-order chi connectivity index (χ0) is 18.2. The molecule has 0 aromatic heterocycles. The number of nitrogens with zero attached hydrogens (tertiary/aromatic N) is 1. The Kier molecular flexibility index (Phi) is 13.0. The van der Waals surface area contributed by atoms with Crippen LogP contribution in [-0.4, -0.2) is 12.1 Å². The van der Waals surface area contributed by atoms with Crippen LogP contribution in [0.3, 0.4) is 0 Å². The molecule has 1 N–H and O–H groups in total. The molecule has 0 atom stereocenters. The van der Waals surface area contributed by atoms with Gasteiger partial charge in [-0.25, -0.2) is 5.43 Å². The molecule has 0 heterocycles. The van der Waals surface area contributed by atoms with E-state index in [1.807, 2.05) is 18.2 Å². The molecule has 0 fully saturated rings. The van der Waals surface area contributed by atoms with Gasteiger partial charge in [-0.1, -0.05) is 94.9 Å². The minimum Gasteiger partial charge on any atom is -0.273 e. The summed E-state index contributed by atoms with van der Waals surface area (Å²) < 4.78 is 0. The number of hydrogen-bond acceptors (Lipinski definition) is 2. The van der Waals surface area contributed by atoms with Crippen molar-refractivity contribution >= 4 is 23.7 Å². The summed E-state index contributed by atoms with van der Waals surface area (Å²) >= 11 is 5.90. The first kappa shape index (κ1) is 21.7. The second-order valence-electron chi connectivity index (χ2n) is 6.63. The third-order valence-corrected chi connectivity index (χ3v) is 4.49. The van der Waals surface area contributed by atoms with E-state index in [1.165, 1.54) is 57.8 Å². The van der Waals surface area contributed by atoms with Crippen molar-refractivity contribution in [2.75, 3.05) is 0 Å². The topological polar surface area (TPSA) is 41.5 Å². The Labute approximate surface area is 158 Å². The maximum Gasteiger partial charge on any atom is 0.240 e. The summed E-state index contributed by atoms with van der Waals surface area (Å²) in [4.78, 5) is 11.7. The van der Waals surface area contributed by atoms with E-state index in [0.717, 1.165) is 18.4 Å². The molecule has 1 aromatic carbocycles. The number of carbonyl (C=O) groups is 1. The molecule has 0 saturated carbocycles. The SMILES string of the molecule is CCCCCCCCCCCCCC(=O)N/N=C/c1cccc(Cl)c1. The lowest BCUT2D eigenvalue weighted by Gasteiger charge is -2.02. The van der Waals surface area contributed by atoms with Crippen molar-refractivity contribution < 1.29 is 4.79 Å². The molecule has 1 aromatic rings. The van der Waals surface area contributed by atoms with Crippen LogP contribution in [-0.2, 0) is 4.79 Å². The Morgan fingerprint density at radius 1 is 1.00 bits per heavy atom. The molecule has 25 heavy (non-hydrogen) atoms. The van der Waals surface area contributed by atoms with Crippen molar-refractivity contribution in [1.82, 2.24) is 5.43 Å². The van der Waals surface area contributed by atoms with Crippen LogP contribution in [0.1, 0.15) is 89.5 Å². The number of rotatable bonds is 14. The van der Waals surface area contributed by atoms with E-state index in [9.17, 15) is 4.79 Å². The van der Waals surface area contributed by atoms with Crippen LogP contribution in [0.5, 0.6) is 0 Å². The van der Waals surface area contributed by atoms with Gasteiger partial charge in [0.15, 0.2) is 0 Å². The third kappa shape index (κ3) is 12.6. The van der Waals surface area contributed by atoms with Crippen molar-refractivity contribution in [1.29, 1.82) is 0 Å². The molecule has 1 amide bonds. The van der Waals surface area contributed by atoms with Crippen LogP contribution in [0.4, 0.5) is 0 Å². The lowest BCUT2D eigenvalue weighted by Crippen LogP contribution is -2.16. The molecule has 0 saturated heterocycles. The van der Waals surface area contributed by atoms with Gasteiger partial charge in [0.05, 0.1) is 6.21 Å². The van der Waals surface area contributed by atoms with Crippen molar-refractivity contribution in [2.45, 2.75) is 84.0 Å². The van der Waals surface area contributed by atoms with Gasteiger partial charge in [0.25, 0.3) is 0 Å². The van der Waals surface area contributed by atoms with Gasteiger partial charge in [-0.05, 0) is 24.1 Å². The zero-order valence-corrected chi connectivity index (χ0v) is 16.4. The second-order valence-corrected chi connectivity index (χ2v) is 7.07. The first-order valence-corrected chi connectivity index (χ1v) is 10.2. The summed E-state index contributed by atoms with van der Waals surface area (Å²) in [5.41, 5.74) is 3.45. The van der Waals surface area contributed by atoms with Crippen LogP contribution in [0.2, 0.25) is 5.02 Å². The molecule has 0 unspecified atom stereocenters. The van der Waals surface area contributed by atoms with Gasteiger partial charge < -0.3 is 0 Å². The van der Waals surface area contributed by atoms with E-state index in [1.54, 1.807) is 12.3 Å². The van der Waals surface area contributed by atoms with Crippen molar-refractivity contribution in [2.24, 2.45) is 5.10 Å². The van der Waals surface area contributed by atoms with E-state index in [0.29, 0.717) is 11.4 Å². The smallest absolute Gasteiger partial charge is 0.240 e. The number of nitrogens with one attached hydrogen (secondary N) is 1. The molecule has 0 bridgehead atoms. The highest BCUT2D eigenvalue weighted by atomic mass is 35.5.